The fraction of sp³-hybridized carbons (Fsp3) is 0.412. The number of amides is 1. The monoisotopic (exact) mass is 362 g/mol. The van der Waals surface area contributed by atoms with Crippen LogP contribution in [0.4, 0.5) is 0 Å². The molecule has 134 valence electrons. The molecule has 1 aliphatic carbocycles. The Kier molecular flexibility index (Phi) is 4.66. The third-order valence-electron chi connectivity index (χ3n) is 4.42. The average molecular weight is 362 g/mol. The summed E-state index contributed by atoms with van der Waals surface area (Å²) in [6.07, 6.45) is 4.83. The molecule has 2 aromatic rings. The van der Waals surface area contributed by atoms with Crippen LogP contribution in [0.25, 0.3) is 0 Å². The molecule has 0 spiro atoms. The maximum atomic E-state index is 13.3. The van der Waals surface area contributed by atoms with Crippen molar-refractivity contribution in [1.82, 2.24) is 19.2 Å². The van der Waals surface area contributed by atoms with E-state index in [0.29, 0.717) is 11.4 Å². The Labute approximate surface area is 147 Å². The minimum absolute atomic E-state index is 0.0225. The zero-order valence-corrected chi connectivity index (χ0v) is 15.3. The smallest absolute Gasteiger partial charge is 0.267 e. The maximum absolute atomic E-state index is 13.3. The van der Waals surface area contributed by atoms with Crippen LogP contribution >= 0.6 is 0 Å². The molecule has 1 unspecified atom stereocenters. The first kappa shape index (κ1) is 17.6. The Morgan fingerprint density at radius 1 is 1.40 bits per heavy atom. The molecule has 1 aliphatic rings. The lowest BCUT2D eigenvalue weighted by atomic mass is 10.2. The first-order chi connectivity index (χ1) is 11.9. The minimum atomic E-state index is -3.74. The van der Waals surface area contributed by atoms with Gasteiger partial charge in [0.25, 0.3) is 5.91 Å². The molecule has 1 fully saturated rings. The van der Waals surface area contributed by atoms with E-state index in [-0.39, 0.29) is 22.9 Å². The lowest BCUT2D eigenvalue weighted by Crippen LogP contribution is -2.35. The molecule has 1 N–H and O–H groups in total. The molecular formula is C17H22N4O3S. The number of hydrogen-bond acceptors (Lipinski definition) is 4. The fourth-order valence-corrected chi connectivity index (χ4v) is 4.88. The van der Waals surface area contributed by atoms with Gasteiger partial charge in [-0.2, -0.15) is 4.31 Å². The number of carbonyl (C=O) groups excluding carboxylic acids is 1. The number of hydrogen-bond donors (Lipinski definition) is 1. The van der Waals surface area contributed by atoms with Crippen LogP contribution in [0.3, 0.4) is 0 Å². The number of rotatable bonds is 6. The van der Waals surface area contributed by atoms with E-state index in [1.807, 2.05) is 19.1 Å². The molecule has 0 aromatic carbocycles. The van der Waals surface area contributed by atoms with Gasteiger partial charge in [0.2, 0.25) is 10.0 Å². The van der Waals surface area contributed by atoms with Crippen molar-refractivity contribution in [1.29, 1.82) is 0 Å². The summed E-state index contributed by atoms with van der Waals surface area (Å²) < 4.78 is 29.6. The zero-order chi connectivity index (χ0) is 18.2. The second kappa shape index (κ2) is 6.61. The molecule has 2 heterocycles. The molecule has 0 saturated heterocycles. The van der Waals surface area contributed by atoms with Gasteiger partial charge in [0.1, 0.15) is 10.6 Å². The van der Waals surface area contributed by atoms with Gasteiger partial charge in [-0.05, 0) is 38.0 Å². The molecule has 1 amide bonds. The highest BCUT2D eigenvalue weighted by atomic mass is 32.2. The molecule has 25 heavy (non-hydrogen) atoms. The molecular weight excluding hydrogens is 340 g/mol. The van der Waals surface area contributed by atoms with Gasteiger partial charge >= 0.3 is 0 Å². The molecule has 3 rings (SSSR count). The molecule has 0 bridgehead atoms. The van der Waals surface area contributed by atoms with Crippen molar-refractivity contribution in [2.75, 3.05) is 7.05 Å². The number of aryl methyl sites for hydroxylation is 1. The number of nitrogens with zero attached hydrogens (tertiary/aromatic N) is 3. The second-order valence-corrected chi connectivity index (χ2v) is 8.09. The molecule has 1 atom stereocenters. The van der Waals surface area contributed by atoms with Crippen LogP contribution in [0.1, 0.15) is 42.0 Å². The largest absolute Gasteiger partial charge is 0.354 e. The molecule has 0 aliphatic heterocycles. The number of aromatic nitrogens is 2. The van der Waals surface area contributed by atoms with E-state index in [4.69, 9.17) is 0 Å². The van der Waals surface area contributed by atoms with Crippen molar-refractivity contribution in [3.8, 4) is 0 Å². The lowest BCUT2D eigenvalue weighted by Gasteiger charge is -2.27. The highest BCUT2D eigenvalue weighted by Gasteiger charge is 2.42. The first-order valence-corrected chi connectivity index (χ1v) is 9.63. The van der Waals surface area contributed by atoms with Crippen LogP contribution in [0.2, 0.25) is 0 Å². The van der Waals surface area contributed by atoms with Gasteiger partial charge in [-0.25, -0.2) is 8.42 Å². The molecule has 8 heteroatoms. The van der Waals surface area contributed by atoms with Gasteiger partial charge < -0.3 is 9.88 Å². The van der Waals surface area contributed by atoms with Crippen LogP contribution in [0, 0.1) is 0 Å². The van der Waals surface area contributed by atoms with Crippen molar-refractivity contribution < 1.29 is 13.2 Å². The molecule has 1 saturated carbocycles. The van der Waals surface area contributed by atoms with E-state index in [0.717, 1.165) is 12.8 Å². The van der Waals surface area contributed by atoms with Gasteiger partial charge in [-0.1, -0.05) is 6.07 Å². The number of sulfonamides is 1. The topological polar surface area (TPSA) is 84.3 Å². The van der Waals surface area contributed by atoms with Crippen molar-refractivity contribution in [3.63, 3.8) is 0 Å². The lowest BCUT2D eigenvalue weighted by molar-refractivity contribution is 0.0955. The van der Waals surface area contributed by atoms with Crippen LogP contribution < -0.4 is 5.32 Å². The summed E-state index contributed by atoms with van der Waals surface area (Å²) >= 11 is 0. The van der Waals surface area contributed by atoms with Gasteiger partial charge in [0.15, 0.2) is 0 Å². The van der Waals surface area contributed by atoms with Crippen LogP contribution in [-0.4, -0.2) is 41.3 Å². The van der Waals surface area contributed by atoms with E-state index >= 15 is 0 Å². The summed E-state index contributed by atoms with van der Waals surface area (Å²) in [7, 11) is -0.559. The van der Waals surface area contributed by atoms with E-state index in [9.17, 15) is 13.2 Å². The Morgan fingerprint density at radius 2 is 2.12 bits per heavy atom. The fourth-order valence-electron chi connectivity index (χ4n) is 2.95. The maximum Gasteiger partial charge on any atom is 0.267 e. The number of carbonyl (C=O) groups is 1. The summed E-state index contributed by atoms with van der Waals surface area (Å²) in [5.41, 5.74) is 1.02. The molecule has 0 radical (unpaired) electrons. The summed E-state index contributed by atoms with van der Waals surface area (Å²) in [4.78, 5) is 16.3. The minimum Gasteiger partial charge on any atom is -0.354 e. The Hall–Kier alpha value is -2.19. The predicted molar refractivity (Wildman–Crippen MR) is 93.5 cm³/mol. The van der Waals surface area contributed by atoms with E-state index in [1.54, 1.807) is 19.3 Å². The van der Waals surface area contributed by atoms with Gasteiger partial charge in [0.05, 0.1) is 11.7 Å². The summed E-state index contributed by atoms with van der Waals surface area (Å²) in [5.74, 6) is -0.320. The van der Waals surface area contributed by atoms with Crippen LogP contribution in [0.5, 0.6) is 0 Å². The number of pyridine rings is 1. The predicted octanol–water partition coefficient (Wildman–Crippen LogP) is 1.69. The Bertz CT molecular complexity index is 873. The van der Waals surface area contributed by atoms with Crippen LogP contribution in [-0.2, 0) is 17.1 Å². The zero-order valence-electron chi connectivity index (χ0n) is 14.5. The van der Waals surface area contributed by atoms with Crippen molar-refractivity contribution in [3.05, 3.63) is 48.0 Å². The van der Waals surface area contributed by atoms with Crippen LogP contribution in [0.15, 0.2) is 41.6 Å². The van der Waals surface area contributed by atoms with Gasteiger partial charge in [0, 0.05) is 32.5 Å². The van der Waals surface area contributed by atoms with E-state index in [1.165, 1.54) is 28.2 Å². The standard InChI is InChI=1S/C17H22N4O3S/c1-12(15-6-4-5-9-19-15)21(13-7-8-13)25(23,24)14-10-16(17(22)18-2)20(3)11-14/h4-6,9-13H,7-8H2,1-3H3,(H,18,22). The summed E-state index contributed by atoms with van der Waals surface area (Å²) in [6, 6.07) is 6.51. The Morgan fingerprint density at radius 3 is 2.68 bits per heavy atom. The Balaban J connectivity index is 2.00. The SMILES string of the molecule is CNC(=O)c1cc(S(=O)(=O)N(C2CC2)C(C)c2ccccn2)cn1C. The van der Waals surface area contributed by atoms with Crippen molar-refractivity contribution >= 4 is 15.9 Å². The van der Waals surface area contributed by atoms with Crippen molar-refractivity contribution in [2.24, 2.45) is 7.05 Å². The van der Waals surface area contributed by atoms with E-state index < -0.39 is 10.0 Å². The van der Waals surface area contributed by atoms with Gasteiger partial charge in [-0.15, -0.1) is 0 Å². The molecule has 7 nitrogen and oxygen atoms in total. The highest BCUT2D eigenvalue weighted by Crippen LogP contribution is 2.38. The van der Waals surface area contributed by atoms with E-state index in [2.05, 4.69) is 10.3 Å². The third-order valence-corrected chi connectivity index (χ3v) is 6.41. The van der Waals surface area contributed by atoms with Gasteiger partial charge in [-0.3, -0.25) is 9.78 Å². The quantitative estimate of drug-likeness (QED) is 0.848. The summed E-state index contributed by atoms with van der Waals surface area (Å²) in [5, 5.41) is 2.52. The average Bonchev–Trinajstić information content (AvgIpc) is 3.34. The first-order valence-electron chi connectivity index (χ1n) is 8.19. The highest BCUT2D eigenvalue weighted by molar-refractivity contribution is 7.89. The number of nitrogens with one attached hydrogen (secondary N) is 1. The molecule has 2 aromatic heterocycles. The van der Waals surface area contributed by atoms with Crippen molar-refractivity contribution in [2.45, 2.75) is 36.7 Å². The normalized spacial score (nSPS) is 16.0. The second-order valence-electron chi connectivity index (χ2n) is 6.25. The summed E-state index contributed by atoms with van der Waals surface area (Å²) in [6.45, 7) is 1.85. The third kappa shape index (κ3) is 3.32.